The number of aliphatic hydroxyl groups is 1. The molecule has 0 aliphatic carbocycles. The zero-order valence-corrected chi connectivity index (χ0v) is 13.2. The van der Waals surface area contributed by atoms with Gasteiger partial charge in [0, 0.05) is 23.8 Å². The molecule has 5 nitrogen and oxygen atoms in total. The number of amides is 1. The van der Waals surface area contributed by atoms with Crippen LogP contribution in [0, 0.1) is 0 Å². The predicted octanol–water partition coefficient (Wildman–Crippen LogP) is 2.26. The average Bonchev–Trinajstić information content (AvgIpc) is 2.93. The highest BCUT2D eigenvalue weighted by Crippen LogP contribution is 2.24. The predicted molar refractivity (Wildman–Crippen MR) is 81.9 cm³/mol. The van der Waals surface area contributed by atoms with Crippen LogP contribution >= 0.6 is 15.9 Å². The van der Waals surface area contributed by atoms with E-state index < -0.39 is 0 Å². The lowest BCUT2D eigenvalue weighted by Crippen LogP contribution is -2.38. The van der Waals surface area contributed by atoms with E-state index in [4.69, 9.17) is 0 Å². The lowest BCUT2D eigenvalue weighted by molar-refractivity contribution is 0.0678. The van der Waals surface area contributed by atoms with Gasteiger partial charge >= 0.3 is 0 Å². The largest absolute Gasteiger partial charge is 0.394 e. The van der Waals surface area contributed by atoms with Crippen molar-refractivity contribution >= 4 is 27.7 Å². The molecule has 2 heterocycles. The molecule has 20 heavy (non-hydrogen) atoms. The molecule has 0 bridgehead atoms. The molecule has 1 atom stereocenters. The normalized spacial score (nSPS) is 18.4. The highest BCUT2D eigenvalue weighted by molar-refractivity contribution is 9.10. The van der Waals surface area contributed by atoms with Gasteiger partial charge in [-0.05, 0) is 41.3 Å². The number of likely N-dealkylation sites (tertiary alicyclic amines) is 1. The number of aliphatic hydroxyl groups excluding tert-OH is 1. The van der Waals surface area contributed by atoms with Crippen LogP contribution in [0.5, 0.6) is 0 Å². The first kappa shape index (κ1) is 15.3. The summed E-state index contributed by atoms with van der Waals surface area (Å²) in [5.74, 6) is 0.553. The standard InChI is InChI=1S/C14H20BrN3O2/c1-2-5-16-13-12(7-10(15)8-17-13)14(20)18-6-3-4-11(18)9-19/h7-8,11,19H,2-6,9H2,1H3,(H,16,17). The Hall–Kier alpha value is -1.14. The Morgan fingerprint density at radius 3 is 3.15 bits per heavy atom. The van der Waals surface area contributed by atoms with E-state index in [2.05, 4.69) is 33.2 Å². The molecule has 2 N–H and O–H groups in total. The highest BCUT2D eigenvalue weighted by atomic mass is 79.9. The number of nitrogens with zero attached hydrogens (tertiary/aromatic N) is 2. The van der Waals surface area contributed by atoms with Gasteiger partial charge in [-0.2, -0.15) is 0 Å². The summed E-state index contributed by atoms with van der Waals surface area (Å²) in [5.41, 5.74) is 0.563. The molecule has 1 unspecified atom stereocenters. The number of rotatable bonds is 5. The maximum absolute atomic E-state index is 12.7. The first-order chi connectivity index (χ1) is 9.67. The monoisotopic (exact) mass is 341 g/mol. The van der Waals surface area contributed by atoms with Crippen molar-refractivity contribution in [3.05, 3.63) is 22.3 Å². The van der Waals surface area contributed by atoms with Gasteiger partial charge in [0.2, 0.25) is 0 Å². The molecule has 1 aliphatic heterocycles. The second-order valence-corrected chi connectivity index (χ2v) is 5.87. The van der Waals surface area contributed by atoms with Gasteiger partial charge in [0.05, 0.1) is 18.2 Å². The van der Waals surface area contributed by atoms with Gasteiger partial charge in [-0.25, -0.2) is 4.98 Å². The van der Waals surface area contributed by atoms with Gasteiger partial charge in [0.1, 0.15) is 5.82 Å². The zero-order chi connectivity index (χ0) is 14.5. The third-order valence-electron chi connectivity index (χ3n) is 3.48. The van der Waals surface area contributed by atoms with Crippen molar-refractivity contribution in [3.63, 3.8) is 0 Å². The summed E-state index contributed by atoms with van der Waals surface area (Å²) in [6, 6.07) is 1.72. The molecular formula is C14H20BrN3O2. The number of halogens is 1. The van der Waals surface area contributed by atoms with E-state index in [9.17, 15) is 9.90 Å². The third-order valence-corrected chi connectivity index (χ3v) is 3.91. The summed E-state index contributed by atoms with van der Waals surface area (Å²) >= 11 is 3.36. The topological polar surface area (TPSA) is 65.5 Å². The molecule has 0 aromatic carbocycles. The molecule has 1 aliphatic rings. The molecule has 6 heteroatoms. The lowest BCUT2D eigenvalue weighted by atomic mass is 10.2. The Balaban J connectivity index is 2.25. The van der Waals surface area contributed by atoms with Crippen LogP contribution in [-0.2, 0) is 0 Å². The zero-order valence-electron chi connectivity index (χ0n) is 11.6. The first-order valence-electron chi connectivity index (χ1n) is 6.98. The minimum absolute atomic E-state index is 0.0187. The smallest absolute Gasteiger partial charge is 0.257 e. The van der Waals surface area contributed by atoms with Gasteiger partial charge in [0.25, 0.3) is 5.91 Å². The van der Waals surface area contributed by atoms with E-state index in [0.717, 1.165) is 30.3 Å². The van der Waals surface area contributed by atoms with E-state index in [1.54, 1.807) is 17.2 Å². The maximum Gasteiger partial charge on any atom is 0.257 e. The van der Waals surface area contributed by atoms with Crippen LogP contribution in [0.4, 0.5) is 5.82 Å². The highest BCUT2D eigenvalue weighted by Gasteiger charge is 2.30. The average molecular weight is 342 g/mol. The van der Waals surface area contributed by atoms with E-state index in [0.29, 0.717) is 17.9 Å². The molecule has 1 amide bonds. The summed E-state index contributed by atoms with van der Waals surface area (Å²) in [5, 5.41) is 12.5. The van der Waals surface area contributed by atoms with E-state index in [1.165, 1.54) is 0 Å². The molecule has 1 aromatic rings. The van der Waals surface area contributed by atoms with E-state index >= 15 is 0 Å². The third kappa shape index (κ3) is 3.30. The van der Waals surface area contributed by atoms with E-state index in [-0.39, 0.29) is 18.6 Å². The molecule has 0 saturated carbocycles. The van der Waals surface area contributed by atoms with Gasteiger partial charge in [0.15, 0.2) is 0 Å². The van der Waals surface area contributed by atoms with E-state index in [1.807, 2.05) is 0 Å². The van der Waals surface area contributed by atoms with Gasteiger partial charge in [-0.3, -0.25) is 4.79 Å². The Morgan fingerprint density at radius 1 is 1.65 bits per heavy atom. The second kappa shape index (κ2) is 7.04. The number of carbonyl (C=O) groups excluding carboxylic acids is 1. The molecule has 0 radical (unpaired) electrons. The minimum Gasteiger partial charge on any atom is -0.394 e. The Bertz CT molecular complexity index is 481. The van der Waals surface area contributed by atoms with Crippen LogP contribution in [0.3, 0.4) is 0 Å². The number of anilines is 1. The molecule has 1 fully saturated rings. The number of pyridine rings is 1. The fraction of sp³-hybridized carbons (Fsp3) is 0.571. The fourth-order valence-corrected chi connectivity index (χ4v) is 2.77. The second-order valence-electron chi connectivity index (χ2n) is 4.95. The Labute approximate surface area is 127 Å². The number of hydrogen-bond acceptors (Lipinski definition) is 4. The van der Waals surface area contributed by atoms with Crippen LogP contribution in [0.2, 0.25) is 0 Å². The molecule has 0 spiro atoms. The van der Waals surface area contributed by atoms with Crippen LogP contribution in [0.15, 0.2) is 16.7 Å². The Kier molecular flexibility index (Phi) is 5.37. The molecule has 1 saturated heterocycles. The molecule has 1 aromatic heterocycles. The number of nitrogens with one attached hydrogen (secondary N) is 1. The summed E-state index contributed by atoms with van der Waals surface area (Å²) in [7, 11) is 0. The summed E-state index contributed by atoms with van der Waals surface area (Å²) in [6.45, 7) is 3.56. The SMILES string of the molecule is CCCNc1ncc(Br)cc1C(=O)N1CCCC1CO. The minimum atomic E-state index is -0.0690. The number of aromatic nitrogens is 1. The van der Waals surface area contributed by atoms with Crippen molar-refractivity contribution in [2.75, 3.05) is 25.0 Å². The number of hydrogen-bond donors (Lipinski definition) is 2. The first-order valence-corrected chi connectivity index (χ1v) is 7.78. The Morgan fingerprint density at radius 2 is 2.45 bits per heavy atom. The quantitative estimate of drug-likeness (QED) is 0.862. The van der Waals surface area contributed by atoms with Crippen molar-refractivity contribution < 1.29 is 9.90 Å². The number of carbonyl (C=O) groups is 1. The lowest BCUT2D eigenvalue weighted by Gasteiger charge is -2.24. The summed E-state index contributed by atoms with van der Waals surface area (Å²) in [6.07, 6.45) is 4.45. The van der Waals surface area contributed by atoms with Gasteiger partial charge in [-0.15, -0.1) is 0 Å². The van der Waals surface area contributed by atoms with Gasteiger partial charge < -0.3 is 15.3 Å². The maximum atomic E-state index is 12.7. The summed E-state index contributed by atoms with van der Waals surface area (Å²) in [4.78, 5) is 18.7. The van der Waals surface area contributed by atoms with Crippen LogP contribution in [0.25, 0.3) is 0 Å². The molecular weight excluding hydrogens is 322 g/mol. The fourth-order valence-electron chi connectivity index (χ4n) is 2.43. The summed E-state index contributed by atoms with van der Waals surface area (Å²) < 4.78 is 0.780. The van der Waals surface area contributed by atoms with Crippen molar-refractivity contribution in [2.24, 2.45) is 0 Å². The van der Waals surface area contributed by atoms with Crippen LogP contribution in [0.1, 0.15) is 36.5 Å². The van der Waals surface area contributed by atoms with Crippen LogP contribution < -0.4 is 5.32 Å². The van der Waals surface area contributed by atoms with Crippen molar-refractivity contribution in [3.8, 4) is 0 Å². The van der Waals surface area contributed by atoms with Crippen molar-refractivity contribution in [1.82, 2.24) is 9.88 Å². The van der Waals surface area contributed by atoms with Gasteiger partial charge in [-0.1, -0.05) is 6.92 Å². The molecule has 110 valence electrons. The molecule has 2 rings (SSSR count). The van der Waals surface area contributed by atoms with Crippen molar-refractivity contribution in [2.45, 2.75) is 32.2 Å². The van der Waals surface area contributed by atoms with Crippen molar-refractivity contribution in [1.29, 1.82) is 0 Å². The van der Waals surface area contributed by atoms with Crippen LogP contribution in [-0.4, -0.2) is 46.6 Å².